The van der Waals surface area contributed by atoms with Crippen LogP contribution in [0.4, 0.5) is 5.69 Å². The standard InChI is InChI=1S/C21H16ClNO3S/c22-21(24)14-9-16-5-4-8-20(15-16)27(25,26)23-19-12-10-18(11-13-19)17-6-2-1-3-7-17/h1-15,23H/b14-9+. The first-order valence-corrected chi connectivity index (χ1v) is 9.96. The zero-order chi connectivity index (χ0) is 19.3. The molecule has 0 radical (unpaired) electrons. The van der Waals surface area contributed by atoms with E-state index in [0.29, 0.717) is 11.3 Å². The summed E-state index contributed by atoms with van der Waals surface area (Å²) in [6, 6.07) is 23.2. The number of halogens is 1. The van der Waals surface area contributed by atoms with Gasteiger partial charge in [0.15, 0.2) is 0 Å². The second-order valence-electron chi connectivity index (χ2n) is 5.76. The number of rotatable bonds is 6. The summed E-state index contributed by atoms with van der Waals surface area (Å²) in [6.45, 7) is 0. The number of carbonyl (C=O) groups is 1. The van der Waals surface area contributed by atoms with E-state index in [1.807, 2.05) is 42.5 Å². The van der Waals surface area contributed by atoms with Crippen molar-refractivity contribution in [1.29, 1.82) is 0 Å². The Morgan fingerprint density at radius 1 is 0.852 bits per heavy atom. The summed E-state index contributed by atoms with van der Waals surface area (Å²) in [4.78, 5) is 10.9. The van der Waals surface area contributed by atoms with Crippen LogP contribution in [0, 0.1) is 0 Å². The molecule has 1 N–H and O–H groups in total. The highest BCUT2D eigenvalue weighted by Gasteiger charge is 2.14. The van der Waals surface area contributed by atoms with E-state index in [1.165, 1.54) is 24.3 Å². The number of hydrogen-bond donors (Lipinski definition) is 1. The van der Waals surface area contributed by atoms with Gasteiger partial charge in [-0.3, -0.25) is 9.52 Å². The molecule has 0 aliphatic heterocycles. The van der Waals surface area contributed by atoms with Crippen LogP contribution >= 0.6 is 11.6 Å². The van der Waals surface area contributed by atoms with Crippen molar-refractivity contribution in [3.05, 3.63) is 90.5 Å². The second-order valence-corrected chi connectivity index (χ2v) is 7.81. The van der Waals surface area contributed by atoms with Gasteiger partial charge in [0.1, 0.15) is 0 Å². The molecule has 4 nitrogen and oxygen atoms in total. The van der Waals surface area contributed by atoms with Gasteiger partial charge in [0.2, 0.25) is 5.24 Å². The summed E-state index contributed by atoms with van der Waals surface area (Å²) in [7, 11) is -3.75. The van der Waals surface area contributed by atoms with Gasteiger partial charge in [0.25, 0.3) is 10.0 Å². The van der Waals surface area contributed by atoms with Crippen LogP contribution in [0.2, 0.25) is 0 Å². The third-order valence-electron chi connectivity index (χ3n) is 3.82. The molecular weight excluding hydrogens is 382 g/mol. The molecule has 0 saturated heterocycles. The highest BCUT2D eigenvalue weighted by molar-refractivity contribution is 7.92. The van der Waals surface area contributed by atoms with Gasteiger partial charge in [-0.05, 0) is 58.6 Å². The molecule has 0 aliphatic carbocycles. The fourth-order valence-corrected chi connectivity index (χ4v) is 3.70. The lowest BCUT2D eigenvalue weighted by atomic mass is 10.1. The van der Waals surface area contributed by atoms with E-state index in [-0.39, 0.29) is 4.90 Å². The van der Waals surface area contributed by atoms with Gasteiger partial charge in [0, 0.05) is 5.69 Å². The van der Waals surface area contributed by atoms with Crippen LogP contribution in [0.15, 0.2) is 89.8 Å². The fourth-order valence-electron chi connectivity index (χ4n) is 2.52. The van der Waals surface area contributed by atoms with Crippen LogP contribution in [0.3, 0.4) is 0 Å². The largest absolute Gasteiger partial charge is 0.280 e. The minimum Gasteiger partial charge on any atom is -0.280 e. The van der Waals surface area contributed by atoms with Gasteiger partial charge in [0.05, 0.1) is 4.90 Å². The number of carbonyl (C=O) groups excluding carboxylic acids is 1. The minimum absolute atomic E-state index is 0.0961. The second kappa shape index (κ2) is 8.20. The van der Waals surface area contributed by atoms with E-state index in [9.17, 15) is 13.2 Å². The zero-order valence-corrected chi connectivity index (χ0v) is 15.7. The lowest BCUT2D eigenvalue weighted by Crippen LogP contribution is -2.12. The van der Waals surface area contributed by atoms with Gasteiger partial charge in [-0.15, -0.1) is 0 Å². The normalized spacial score (nSPS) is 11.4. The van der Waals surface area contributed by atoms with Crippen molar-refractivity contribution < 1.29 is 13.2 Å². The quantitative estimate of drug-likeness (QED) is 0.473. The lowest BCUT2D eigenvalue weighted by molar-refractivity contribution is -0.107. The van der Waals surface area contributed by atoms with Crippen LogP contribution in [0.5, 0.6) is 0 Å². The Labute approximate surface area is 163 Å². The third kappa shape index (κ3) is 5.06. The molecule has 0 unspecified atom stereocenters. The zero-order valence-electron chi connectivity index (χ0n) is 14.2. The van der Waals surface area contributed by atoms with E-state index in [2.05, 4.69) is 4.72 Å². The number of nitrogens with one attached hydrogen (secondary N) is 1. The van der Waals surface area contributed by atoms with Crippen molar-refractivity contribution in [2.75, 3.05) is 4.72 Å². The van der Waals surface area contributed by atoms with Crippen LogP contribution in [-0.4, -0.2) is 13.7 Å². The molecule has 0 heterocycles. The molecule has 3 aromatic rings. The van der Waals surface area contributed by atoms with Gasteiger partial charge in [-0.25, -0.2) is 8.42 Å². The van der Waals surface area contributed by atoms with Crippen molar-refractivity contribution in [2.45, 2.75) is 4.90 Å². The van der Waals surface area contributed by atoms with Crippen molar-refractivity contribution in [1.82, 2.24) is 0 Å². The van der Waals surface area contributed by atoms with E-state index >= 15 is 0 Å². The molecule has 0 atom stereocenters. The van der Waals surface area contributed by atoms with E-state index in [4.69, 9.17) is 11.6 Å². The number of benzene rings is 3. The molecule has 0 fully saturated rings. The summed E-state index contributed by atoms with van der Waals surface area (Å²) in [5.74, 6) is 0. The highest BCUT2D eigenvalue weighted by atomic mass is 35.5. The van der Waals surface area contributed by atoms with Crippen LogP contribution in [-0.2, 0) is 14.8 Å². The number of allylic oxidation sites excluding steroid dienone is 1. The Bertz CT molecular complexity index is 1080. The van der Waals surface area contributed by atoms with E-state index < -0.39 is 15.3 Å². The molecule has 3 rings (SSSR count). The van der Waals surface area contributed by atoms with Gasteiger partial charge in [-0.1, -0.05) is 60.7 Å². The molecule has 136 valence electrons. The summed E-state index contributed by atoms with van der Waals surface area (Å²) < 4.78 is 27.8. The predicted molar refractivity (Wildman–Crippen MR) is 109 cm³/mol. The SMILES string of the molecule is O=C(Cl)/C=C/c1cccc(S(=O)(=O)Nc2ccc(-c3ccccc3)cc2)c1. The van der Waals surface area contributed by atoms with Crippen molar-refractivity contribution in [3.8, 4) is 11.1 Å². The Hall–Kier alpha value is -2.89. The fraction of sp³-hybridized carbons (Fsp3) is 0. The summed E-state index contributed by atoms with van der Waals surface area (Å²) in [5, 5.41) is -0.625. The number of sulfonamides is 1. The Balaban J connectivity index is 1.80. The van der Waals surface area contributed by atoms with E-state index in [1.54, 1.807) is 24.3 Å². The molecule has 3 aromatic carbocycles. The molecule has 0 saturated carbocycles. The summed E-state index contributed by atoms with van der Waals surface area (Å²) in [6.07, 6.45) is 2.63. The lowest BCUT2D eigenvalue weighted by Gasteiger charge is -2.10. The Kier molecular flexibility index (Phi) is 5.74. The average molecular weight is 398 g/mol. The minimum atomic E-state index is -3.75. The monoisotopic (exact) mass is 397 g/mol. The maximum atomic E-state index is 12.6. The van der Waals surface area contributed by atoms with Gasteiger partial charge in [-0.2, -0.15) is 0 Å². The Morgan fingerprint density at radius 3 is 2.19 bits per heavy atom. The van der Waals surface area contributed by atoms with Crippen LogP contribution < -0.4 is 4.72 Å². The predicted octanol–water partition coefficient (Wildman–Crippen LogP) is 4.93. The Morgan fingerprint density at radius 2 is 1.52 bits per heavy atom. The molecule has 0 bridgehead atoms. The molecule has 27 heavy (non-hydrogen) atoms. The topological polar surface area (TPSA) is 63.2 Å². The highest BCUT2D eigenvalue weighted by Crippen LogP contribution is 2.23. The summed E-state index contributed by atoms with van der Waals surface area (Å²) in [5.41, 5.74) is 3.08. The van der Waals surface area contributed by atoms with Crippen molar-refractivity contribution in [3.63, 3.8) is 0 Å². The maximum absolute atomic E-state index is 12.6. The molecule has 0 aromatic heterocycles. The molecular formula is C21H16ClNO3S. The first-order valence-electron chi connectivity index (χ1n) is 8.10. The first kappa shape index (κ1) is 18.9. The summed E-state index contributed by atoms with van der Waals surface area (Å²) >= 11 is 5.27. The van der Waals surface area contributed by atoms with Crippen LogP contribution in [0.1, 0.15) is 5.56 Å². The third-order valence-corrected chi connectivity index (χ3v) is 5.32. The van der Waals surface area contributed by atoms with Crippen LogP contribution in [0.25, 0.3) is 17.2 Å². The first-order chi connectivity index (χ1) is 12.9. The molecule has 6 heteroatoms. The molecule has 0 aliphatic rings. The molecule has 0 amide bonds. The van der Waals surface area contributed by atoms with Crippen molar-refractivity contribution in [2.24, 2.45) is 0 Å². The van der Waals surface area contributed by atoms with E-state index in [0.717, 1.165) is 11.1 Å². The maximum Gasteiger partial charge on any atom is 0.261 e. The van der Waals surface area contributed by atoms with Gasteiger partial charge >= 0.3 is 0 Å². The van der Waals surface area contributed by atoms with Crippen molar-refractivity contribution >= 4 is 38.6 Å². The number of anilines is 1. The van der Waals surface area contributed by atoms with Gasteiger partial charge < -0.3 is 0 Å². The smallest absolute Gasteiger partial charge is 0.261 e. The molecule has 0 spiro atoms. The number of hydrogen-bond acceptors (Lipinski definition) is 3. The average Bonchev–Trinajstić information content (AvgIpc) is 2.68.